The van der Waals surface area contributed by atoms with Crippen LogP contribution in [0.25, 0.3) is 0 Å². The Morgan fingerprint density at radius 2 is 2.05 bits per heavy atom. The van der Waals surface area contributed by atoms with E-state index in [1.54, 1.807) is 6.07 Å². The van der Waals surface area contributed by atoms with Gasteiger partial charge in [0.15, 0.2) is 5.11 Å². The van der Waals surface area contributed by atoms with Crippen molar-refractivity contribution in [3.05, 3.63) is 33.9 Å². The first kappa shape index (κ1) is 14.7. The Morgan fingerprint density at radius 1 is 1.35 bits per heavy atom. The molecule has 0 amide bonds. The van der Waals surface area contributed by atoms with Crippen LogP contribution in [-0.4, -0.2) is 16.1 Å². The molecular formula is C14H19N3O2S. The first-order chi connectivity index (χ1) is 9.56. The van der Waals surface area contributed by atoms with E-state index in [4.69, 9.17) is 12.2 Å². The third-order valence-electron chi connectivity index (χ3n) is 3.62. The maximum Gasteiger partial charge on any atom is 0.271 e. The predicted octanol–water partition coefficient (Wildman–Crippen LogP) is 3.52. The second-order valence-electron chi connectivity index (χ2n) is 5.19. The van der Waals surface area contributed by atoms with Crippen LogP contribution in [0.1, 0.15) is 37.7 Å². The minimum Gasteiger partial charge on any atom is -0.360 e. The number of hydrogen-bond acceptors (Lipinski definition) is 3. The lowest BCUT2D eigenvalue weighted by atomic mass is 9.96. The molecule has 0 heterocycles. The number of anilines is 1. The molecule has 0 unspecified atom stereocenters. The van der Waals surface area contributed by atoms with Gasteiger partial charge in [0, 0.05) is 23.9 Å². The largest absolute Gasteiger partial charge is 0.360 e. The Labute approximate surface area is 123 Å². The molecule has 0 aromatic heterocycles. The zero-order valence-electron chi connectivity index (χ0n) is 11.5. The summed E-state index contributed by atoms with van der Waals surface area (Å²) in [6.07, 6.45) is 6.03. The first-order valence-corrected chi connectivity index (χ1v) is 7.29. The molecule has 0 aliphatic heterocycles. The standard InChI is InChI=1S/C14H19N3O2S/c1-10-7-8-12(17(18)19)9-13(10)16-14(20)15-11-5-3-2-4-6-11/h7-9,11H,2-6H2,1H3,(H2,15,16,20). The van der Waals surface area contributed by atoms with E-state index in [1.165, 1.54) is 31.4 Å². The molecule has 1 aliphatic carbocycles. The molecule has 0 saturated heterocycles. The Balaban J connectivity index is 1.99. The van der Waals surface area contributed by atoms with Crippen LogP contribution >= 0.6 is 12.2 Å². The van der Waals surface area contributed by atoms with E-state index >= 15 is 0 Å². The second kappa shape index (κ2) is 6.65. The summed E-state index contributed by atoms with van der Waals surface area (Å²) < 4.78 is 0. The average Bonchev–Trinajstić information content (AvgIpc) is 2.42. The molecular weight excluding hydrogens is 274 g/mol. The van der Waals surface area contributed by atoms with Crippen molar-refractivity contribution in [3.8, 4) is 0 Å². The number of benzene rings is 1. The summed E-state index contributed by atoms with van der Waals surface area (Å²) in [4.78, 5) is 10.4. The van der Waals surface area contributed by atoms with Crippen LogP contribution in [-0.2, 0) is 0 Å². The average molecular weight is 293 g/mol. The summed E-state index contributed by atoms with van der Waals surface area (Å²) >= 11 is 5.29. The topological polar surface area (TPSA) is 67.2 Å². The smallest absolute Gasteiger partial charge is 0.271 e. The van der Waals surface area contributed by atoms with Crippen LogP contribution in [0.15, 0.2) is 18.2 Å². The highest BCUT2D eigenvalue weighted by molar-refractivity contribution is 7.80. The minimum atomic E-state index is -0.401. The fraction of sp³-hybridized carbons (Fsp3) is 0.500. The lowest BCUT2D eigenvalue weighted by Crippen LogP contribution is -2.38. The van der Waals surface area contributed by atoms with Crippen LogP contribution in [0.4, 0.5) is 11.4 Å². The van der Waals surface area contributed by atoms with Crippen LogP contribution < -0.4 is 10.6 Å². The molecule has 0 atom stereocenters. The van der Waals surface area contributed by atoms with E-state index in [0.29, 0.717) is 16.8 Å². The van der Waals surface area contributed by atoms with E-state index in [2.05, 4.69) is 10.6 Å². The quantitative estimate of drug-likeness (QED) is 0.507. The summed E-state index contributed by atoms with van der Waals surface area (Å²) in [5.74, 6) is 0. The van der Waals surface area contributed by atoms with Crippen LogP contribution in [0.3, 0.4) is 0 Å². The number of hydrogen-bond donors (Lipinski definition) is 2. The number of non-ortho nitro benzene ring substituents is 1. The molecule has 5 nitrogen and oxygen atoms in total. The van der Waals surface area contributed by atoms with E-state index in [1.807, 2.05) is 6.92 Å². The molecule has 1 aromatic rings. The van der Waals surface area contributed by atoms with E-state index in [9.17, 15) is 10.1 Å². The van der Waals surface area contributed by atoms with Crippen LogP contribution in [0.5, 0.6) is 0 Å². The molecule has 1 saturated carbocycles. The highest BCUT2D eigenvalue weighted by Gasteiger charge is 2.15. The number of nitrogens with one attached hydrogen (secondary N) is 2. The van der Waals surface area contributed by atoms with E-state index < -0.39 is 4.92 Å². The summed E-state index contributed by atoms with van der Waals surface area (Å²) in [7, 11) is 0. The summed E-state index contributed by atoms with van der Waals surface area (Å²) in [5.41, 5.74) is 1.69. The van der Waals surface area contributed by atoms with Gasteiger partial charge < -0.3 is 10.6 Å². The van der Waals surface area contributed by atoms with Gasteiger partial charge in [0.05, 0.1) is 4.92 Å². The lowest BCUT2D eigenvalue weighted by Gasteiger charge is -2.24. The maximum atomic E-state index is 10.8. The molecule has 1 aromatic carbocycles. The zero-order chi connectivity index (χ0) is 14.5. The van der Waals surface area contributed by atoms with Gasteiger partial charge in [-0.05, 0) is 37.5 Å². The van der Waals surface area contributed by atoms with Gasteiger partial charge in [-0.3, -0.25) is 10.1 Å². The SMILES string of the molecule is Cc1ccc([N+](=O)[O-])cc1NC(=S)NC1CCCCC1. The van der Waals surface area contributed by atoms with Gasteiger partial charge in [-0.15, -0.1) is 0 Å². The van der Waals surface area contributed by atoms with Gasteiger partial charge in [-0.1, -0.05) is 25.3 Å². The third kappa shape index (κ3) is 3.90. The zero-order valence-corrected chi connectivity index (χ0v) is 12.3. The van der Waals surface area contributed by atoms with Crippen molar-refractivity contribution in [2.75, 3.05) is 5.32 Å². The number of nitrogens with zero attached hydrogens (tertiary/aromatic N) is 1. The summed E-state index contributed by atoms with van der Waals surface area (Å²) in [6.45, 7) is 1.90. The molecule has 1 aliphatic rings. The monoisotopic (exact) mass is 293 g/mol. The Bertz CT molecular complexity index is 513. The van der Waals surface area contributed by atoms with Crippen LogP contribution in [0.2, 0.25) is 0 Å². The van der Waals surface area contributed by atoms with Gasteiger partial charge in [-0.2, -0.15) is 0 Å². The molecule has 2 rings (SSSR count). The number of rotatable bonds is 3. The van der Waals surface area contributed by atoms with Gasteiger partial charge >= 0.3 is 0 Å². The normalized spacial score (nSPS) is 15.7. The van der Waals surface area contributed by atoms with E-state index in [-0.39, 0.29) is 5.69 Å². The summed E-state index contributed by atoms with van der Waals surface area (Å²) in [6, 6.07) is 5.16. The van der Waals surface area contributed by atoms with Crippen molar-refractivity contribution in [1.82, 2.24) is 5.32 Å². The Hall–Kier alpha value is -1.69. The number of nitro benzene ring substituents is 1. The summed E-state index contributed by atoms with van der Waals surface area (Å²) in [5, 5.41) is 17.7. The highest BCUT2D eigenvalue weighted by Crippen LogP contribution is 2.22. The van der Waals surface area contributed by atoms with Crippen LogP contribution in [0, 0.1) is 17.0 Å². The Morgan fingerprint density at radius 3 is 2.70 bits per heavy atom. The van der Waals surface area contributed by atoms with Gasteiger partial charge in [0.1, 0.15) is 0 Å². The van der Waals surface area contributed by atoms with Crippen molar-refractivity contribution >= 4 is 28.7 Å². The van der Waals surface area contributed by atoms with Crippen molar-refractivity contribution in [1.29, 1.82) is 0 Å². The molecule has 108 valence electrons. The maximum absolute atomic E-state index is 10.8. The third-order valence-corrected chi connectivity index (χ3v) is 3.84. The molecule has 1 fully saturated rings. The molecule has 6 heteroatoms. The number of aryl methyl sites for hydroxylation is 1. The fourth-order valence-electron chi connectivity index (χ4n) is 2.45. The van der Waals surface area contributed by atoms with Gasteiger partial charge in [0.2, 0.25) is 0 Å². The van der Waals surface area contributed by atoms with Crippen molar-refractivity contribution in [2.45, 2.75) is 45.1 Å². The molecule has 0 spiro atoms. The lowest BCUT2D eigenvalue weighted by molar-refractivity contribution is -0.384. The Kier molecular flexibility index (Phi) is 4.89. The van der Waals surface area contributed by atoms with Gasteiger partial charge in [0.25, 0.3) is 5.69 Å². The van der Waals surface area contributed by atoms with Gasteiger partial charge in [-0.25, -0.2) is 0 Å². The minimum absolute atomic E-state index is 0.0681. The number of thiocarbonyl (C=S) groups is 1. The highest BCUT2D eigenvalue weighted by atomic mass is 32.1. The second-order valence-corrected chi connectivity index (χ2v) is 5.60. The molecule has 0 radical (unpaired) electrons. The van der Waals surface area contributed by atoms with Crippen molar-refractivity contribution < 1.29 is 4.92 Å². The molecule has 2 N–H and O–H groups in total. The number of nitro groups is 1. The first-order valence-electron chi connectivity index (χ1n) is 6.89. The van der Waals surface area contributed by atoms with Crippen molar-refractivity contribution in [2.24, 2.45) is 0 Å². The molecule has 0 bridgehead atoms. The van der Waals surface area contributed by atoms with Crippen molar-refractivity contribution in [3.63, 3.8) is 0 Å². The fourth-order valence-corrected chi connectivity index (χ4v) is 2.73. The predicted molar refractivity (Wildman–Crippen MR) is 84.1 cm³/mol. The molecule has 20 heavy (non-hydrogen) atoms. The van der Waals surface area contributed by atoms with E-state index in [0.717, 1.165) is 18.4 Å².